The van der Waals surface area contributed by atoms with Crippen molar-refractivity contribution >= 4 is 21.9 Å². The Morgan fingerprint density at radius 2 is 0.733 bits per heavy atom. The summed E-state index contributed by atoms with van der Waals surface area (Å²) in [5, 5.41) is 2.12. The third-order valence-corrected chi connectivity index (χ3v) is 8.15. The Hall–Kier alpha value is -6.48. The molecule has 0 saturated heterocycles. The summed E-state index contributed by atoms with van der Waals surface area (Å²) in [7, 11) is 0. The smallest absolute Gasteiger partial charge is 0.135 e. The van der Waals surface area contributed by atoms with Crippen LogP contribution in [0.1, 0.15) is 0 Å². The van der Waals surface area contributed by atoms with Gasteiger partial charge in [-0.15, -0.1) is 0 Å². The average molecular weight is 585 g/mol. The molecule has 9 heteroatoms. The maximum absolute atomic E-state index is 6.32. The van der Waals surface area contributed by atoms with Gasteiger partial charge in [-0.1, -0.05) is 12.1 Å². The largest absolute Gasteiger partial charge is 0.456 e. The van der Waals surface area contributed by atoms with Crippen molar-refractivity contribution in [2.75, 3.05) is 0 Å². The molecule has 9 aromatic rings. The highest BCUT2D eigenvalue weighted by Crippen LogP contribution is 2.37. The van der Waals surface area contributed by atoms with Crippen molar-refractivity contribution in [2.24, 2.45) is 0 Å². The quantitative estimate of drug-likeness (QED) is 0.200. The number of fused-ring (bicyclic) bond motifs is 3. The highest BCUT2D eigenvalue weighted by atomic mass is 16.3. The number of rotatable bonds is 6. The third kappa shape index (κ3) is 4.42. The minimum absolute atomic E-state index is 0.845. The number of benzene rings is 4. The van der Waals surface area contributed by atoms with Gasteiger partial charge in [0.05, 0.1) is 25.3 Å². The molecule has 0 bridgehead atoms. The standard InChI is InChI=1S/C36H24N8O/c1-3-35-33(17-25(1)27-13-29(41-9-5-37-21-41)19-30(14-27)42-10-6-38-22-42)34-18-26(2-4-36(34)45-35)28-15-31(43-11-7-39-23-43)20-32(16-28)44-12-8-40-24-44/h1-24H. The fourth-order valence-corrected chi connectivity index (χ4v) is 5.90. The van der Waals surface area contributed by atoms with E-state index in [0.717, 1.165) is 66.9 Å². The highest BCUT2D eigenvalue weighted by Gasteiger charge is 2.14. The Morgan fingerprint density at radius 1 is 0.378 bits per heavy atom. The summed E-state index contributed by atoms with van der Waals surface area (Å²) in [5.41, 5.74) is 10.1. The molecule has 0 aliphatic heterocycles. The molecule has 0 aliphatic rings. The van der Waals surface area contributed by atoms with Crippen molar-refractivity contribution in [3.05, 3.63) is 148 Å². The van der Waals surface area contributed by atoms with Gasteiger partial charge in [0.1, 0.15) is 11.2 Å². The first kappa shape index (κ1) is 25.1. The van der Waals surface area contributed by atoms with Gasteiger partial charge in [0.25, 0.3) is 0 Å². The van der Waals surface area contributed by atoms with Gasteiger partial charge in [-0.2, -0.15) is 0 Å². The fraction of sp³-hybridized carbons (Fsp3) is 0. The van der Waals surface area contributed by atoms with Crippen molar-refractivity contribution in [1.29, 1.82) is 0 Å². The first-order valence-corrected chi connectivity index (χ1v) is 14.5. The van der Waals surface area contributed by atoms with E-state index in [-0.39, 0.29) is 0 Å². The number of imidazole rings is 4. The van der Waals surface area contributed by atoms with Crippen LogP contribution < -0.4 is 0 Å². The van der Waals surface area contributed by atoms with Crippen LogP contribution in [0.4, 0.5) is 0 Å². The Labute approximate surface area is 256 Å². The normalized spacial score (nSPS) is 11.6. The molecule has 0 aliphatic carbocycles. The van der Waals surface area contributed by atoms with Gasteiger partial charge in [-0.3, -0.25) is 0 Å². The molecule has 45 heavy (non-hydrogen) atoms. The Bertz CT molecular complexity index is 2140. The summed E-state index contributed by atoms with van der Waals surface area (Å²) in [6, 6.07) is 25.7. The van der Waals surface area contributed by atoms with Crippen molar-refractivity contribution in [3.63, 3.8) is 0 Å². The predicted octanol–water partition coefficient (Wildman–Crippen LogP) is 7.66. The molecule has 0 amide bonds. The molecule has 4 aromatic carbocycles. The van der Waals surface area contributed by atoms with Crippen molar-refractivity contribution < 1.29 is 4.42 Å². The van der Waals surface area contributed by atoms with E-state index in [2.05, 4.69) is 92.7 Å². The molecule has 0 N–H and O–H groups in total. The van der Waals surface area contributed by atoms with Crippen LogP contribution in [0, 0.1) is 0 Å². The Balaban J connectivity index is 1.19. The van der Waals surface area contributed by atoms with Gasteiger partial charge < -0.3 is 22.7 Å². The molecule has 5 aromatic heterocycles. The molecule has 0 radical (unpaired) electrons. The molecule has 9 rings (SSSR count). The molecule has 0 unspecified atom stereocenters. The second kappa shape index (κ2) is 10.1. The summed E-state index contributed by atoms with van der Waals surface area (Å²) in [6.45, 7) is 0. The van der Waals surface area contributed by atoms with Crippen LogP contribution in [0.3, 0.4) is 0 Å². The Kier molecular flexibility index (Phi) is 5.60. The number of nitrogens with zero attached hydrogens (tertiary/aromatic N) is 8. The molecule has 214 valence electrons. The van der Waals surface area contributed by atoms with Crippen LogP contribution in [-0.2, 0) is 0 Å². The summed E-state index contributed by atoms with van der Waals surface area (Å²) < 4.78 is 14.4. The van der Waals surface area contributed by atoms with Crippen molar-refractivity contribution in [3.8, 4) is 45.0 Å². The van der Waals surface area contributed by atoms with Gasteiger partial charge in [0.2, 0.25) is 0 Å². The van der Waals surface area contributed by atoms with Crippen LogP contribution in [0.5, 0.6) is 0 Å². The molecular formula is C36H24N8O. The molecule has 5 heterocycles. The summed E-state index contributed by atoms with van der Waals surface area (Å²) in [5.74, 6) is 0. The van der Waals surface area contributed by atoms with Crippen LogP contribution in [0.2, 0.25) is 0 Å². The third-order valence-electron chi connectivity index (χ3n) is 8.15. The summed E-state index contributed by atoms with van der Waals surface area (Å²) in [6.07, 6.45) is 22.2. The van der Waals surface area contributed by atoms with Crippen LogP contribution in [0.25, 0.3) is 66.9 Å². The highest BCUT2D eigenvalue weighted by molar-refractivity contribution is 6.07. The summed E-state index contributed by atoms with van der Waals surface area (Å²) in [4.78, 5) is 17.0. The minimum atomic E-state index is 0.845. The molecule has 0 atom stereocenters. The number of hydrogen-bond acceptors (Lipinski definition) is 5. The second-order valence-electron chi connectivity index (χ2n) is 10.9. The first-order valence-electron chi connectivity index (χ1n) is 14.5. The molecule has 9 nitrogen and oxygen atoms in total. The fourth-order valence-electron chi connectivity index (χ4n) is 5.90. The molecule has 0 spiro atoms. The van der Waals surface area contributed by atoms with Gasteiger partial charge in [-0.25, -0.2) is 19.9 Å². The van der Waals surface area contributed by atoms with Crippen LogP contribution >= 0.6 is 0 Å². The van der Waals surface area contributed by atoms with E-state index in [9.17, 15) is 0 Å². The van der Waals surface area contributed by atoms with Gasteiger partial charge >= 0.3 is 0 Å². The van der Waals surface area contributed by atoms with E-state index in [1.807, 2.05) is 68.4 Å². The maximum atomic E-state index is 6.32. The summed E-state index contributed by atoms with van der Waals surface area (Å²) >= 11 is 0. The Morgan fingerprint density at radius 3 is 1.04 bits per heavy atom. The van der Waals surface area contributed by atoms with E-state index in [1.165, 1.54) is 0 Å². The minimum Gasteiger partial charge on any atom is -0.456 e. The zero-order chi connectivity index (χ0) is 29.7. The van der Waals surface area contributed by atoms with Gasteiger partial charge in [0.15, 0.2) is 0 Å². The average Bonchev–Trinajstić information content (AvgIpc) is 3.93. The molecular weight excluding hydrogens is 560 g/mol. The lowest BCUT2D eigenvalue weighted by molar-refractivity contribution is 0.669. The number of furan rings is 1. The maximum Gasteiger partial charge on any atom is 0.135 e. The second-order valence-corrected chi connectivity index (χ2v) is 10.9. The predicted molar refractivity (Wildman–Crippen MR) is 173 cm³/mol. The van der Waals surface area contributed by atoms with Gasteiger partial charge in [0, 0.05) is 83.1 Å². The lowest BCUT2D eigenvalue weighted by atomic mass is 9.99. The monoisotopic (exact) mass is 584 g/mol. The van der Waals surface area contributed by atoms with Crippen LogP contribution in [0.15, 0.2) is 152 Å². The zero-order valence-electron chi connectivity index (χ0n) is 23.8. The van der Waals surface area contributed by atoms with E-state index in [1.54, 1.807) is 24.8 Å². The number of hydrogen-bond donors (Lipinski definition) is 0. The lowest BCUT2D eigenvalue weighted by Gasteiger charge is -2.12. The van der Waals surface area contributed by atoms with E-state index in [0.29, 0.717) is 0 Å². The van der Waals surface area contributed by atoms with E-state index < -0.39 is 0 Å². The zero-order valence-corrected chi connectivity index (χ0v) is 23.8. The SMILES string of the molecule is c1cn(-c2cc(-c3ccc4oc5ccc(-c6cc(-n7ccnc7)cc(-n7ccnc7)c6)cc5c4c3)cc(-n3ccnc3)c2)cn1. The first-order chi connectivity index (χ1) is 22.2. The molecule has 0 fully saturated rings. The van der Waals surface area contributed by atoms with E-state index in [4.69, 9.17) is 4.42 Å². The van der Waals surface area contributed by atoms with E-state index >= 15 is 0 Å². The topological polar surface area (TPSA) is 84.4 Å². The van der Waals surface area contributed by atoms with Gasteiger partial charge in [-0.05, 0) is 82.9 Å². The lowest BCUT2D eigenvalue weighted by Crippen LogP contribution is -1.97. The van der Waals surface area contributed by atoms with Crippen molar-refractivity contribution in [2.45, 2.75) is 0 Å². The van der Waals surface area contributed by atoms with Crippen molar-refractivity contribution in [1.82, 2.24) is 38.2 Å². The number of aromatic nitrogens is 8. The molecule has 0 saturated carbocycles. The van der Waals surface area contributed by atoms with Crippen LogP contribution in [-0.4, -0.2) is 38.2 Å².